The molecule has 29 heavy (non-hydrogen) atoms. The molecule has 148 valence electrons. The number of carbonyl (C=O) groups is 1. The molecule has 3 aromatic rings. The third kappa shape index (κ3) is 2.19. The fourth-order valence-corrected chi connectivity index (χ4v) is 5.88. The molecule has 1 aromatic heterocycles. The molecule has 2 bridgehead atoms. The minimum atomic E-state index is -0.795. The number of nitrogens with zero attached hydrogens (tertiary/aromatic N) is 2. The Morgan fingerprint density at radius 3 is 2.10 bits per heavy atom. The van der Waals surface area contributed by atoms with Crippen LogP contribution >= 0.6 is 23.2 Å². The van der Waals surface area contributed by atoms with Gasteiger partial charge in [-0.3, -0.25) is 4.79 Å². The Balaban J connectivity index is 1.72. The van der Waals surface area contributed by atoms with Gasteiger partial charge >= 0.3 is 0 Å². The van der Waals surface area contributed by atoms with E-state index >= 15 is 0 Å². The summed E-state index contributed by atoms with van der Waals surface area (Å²) in [5.41, 5.74) is 2.45. The number of fused-ring (bicyclic) bond motifs is 6. The van der Waals surface area contributed by atoms with Crippen LogP contribution in [0.1, 0.15) is 45.0 Å². The molecule has 1 N–H and O–H groups in total. The monoisotopic (exact) mass is 425 g/mol. The van der Waals surface area contributed by atoms with Crippen molar-refractivity contribution in [3.8, 4) is 0 Å². The summed E-state index contributed by atoms with van der Waals surface area (Å²) in [7, 11) is 0. The number of hydrogen-bond acceptors (Lipinski definition) is 3. The standard InChI is InChI=1S/C23H21Cl2N3O/c1-21(2)22(3)11-12-23(21,20(29)28-17-13(24)7-6-8-14(17)25)19-18(22)26-15-9-4-5-10-16(15)27-19/h4-10H,11-12H2,1-3H3,(H,28,29). The van der Waals surface area contributed by atoms with Crippen LogP contribution in [0.25, 0.3) is 11.0 Å². The third-order valence-corrected chi connectivity index (χ3v) is 8.16. The van der Waals surface area contributed by atoms with Crippen molar-refractivity contribution in [2.75, 3.05) is 5.32 Å². The van der Waals surface area contributed by atoms with E-state index in [9.17, 15) is 4.79 Å². The zero-order valence-electron chi connectivity index (χ0n) is 16.5. The number of aromatic nitrogens is 2. The first-order valence-electron chi connectivity index (χ1n) is 9.75. The maximum Gasteiger partial charge on any atom is 0.237 e. The highest BCUT2D eigenvalue weighted by atomic mass is 35.5. The maximum atomic E-state index is 13.9. The molecule has 0 aliphatic heterocycles. The fourth-order valence-electron chi connectivity index (χ4n) is 5.39. The maximum absolute atomic E-state index is 13.9. The molecule has 1 fully saturated rings. The Morgan fingerprint density at radius 1 is 0.897 bits per heavy atom. The van der Waals surface area contributed by atoms with Crippen LogP contribution in [0.15, 0.2) is 42.5 Å². The van der Waals surface area contributed by atoms with Crippen molar-refractivity contribution in [2.45, 2.75) is 44.4 Å². The topological polar surface area (TPSA) is 54.9 Å². The van der Waals surface area contributed by atoms with E-state index < -0.39 is 5.41 Å². The number of nitrogens with one attached hydrogen (secondary N) is 1. The molecule has 1 amide bonds. The molecule has 6 heteroatoms. The van der Waals surface area contributed by atoms with Gasteiger partial charge in [0.1, 0.15) is 0 Å². The Hall–Kier alpha value is -2.17. The van der Waals surface area contributed by atoms with Crippen LogP contribution in [-0.2, 0) is 15.6 Å². The summed E-state index contributed by atoms with van der Waals surface area (Å²) in [6.45, 7) is 6.52. The Kier molecular flexibility index (Phi) is 3.85. The molecule has 2 aliphatic rings. The Labute approximate surface area is 179 Å². The highest BCUT2D eigenvalue weighted by Crippen LogP contribution is 2.70. The smallest absolute Gasteiger partial charge is 0.237 e. The van der Waals surface area contributed by atoms with Crippen molar-refractivity contribution in [3.05, 3.63) is 63.9 Å². The summed E-state index contributed by atoms with van der Waals surface area (Å²) in [5.74, 6) is -0.121. The largest absolute Gasteiger partial charge is 0.323 e. The van der Waals surface area contributed by atoms with Crippen LogP contribution in [0, 0.1) is 5.41 Å². The van der Waals surface area contributed by atoms with Crippen molar-refractivity contribution in [3.63, 3.8) is 0 Å². The Morgan fingerprint density at radius 2 is 1.48 bits per heavy atom. The number of hydrogen-bond donors (Lipinski definition) is 1. The van der Waals surface area contributed by atoms with E-state index in [-0.39, 0.29) is 16.7 Å². The third-order valence-electron chi connectivity index (χ3n) is 7.53. The van der Waals surface area contributed by atoms with Gasteiger partial charge in [0, 0.05) is 5.41 Å². The molecule has 1 saturated carbocycles. The van der Waals surface area contributed by atoms with Crippen LogP contribution in [-0.4, -0.2) is 15.9 Å². The first-order valence-corrected chi connectivity index (χ1v) is 10.5. The van der Waals surface area contributed by atoms with E-state index in [1.54, 1.807) is 18.2 Å². The Bertz CT molecular complexity index is 1170. The number of halogens is 2. The van der Waals surface area contributed by atoms with Crippen molar-refractivity contribution in [1.82, 2.24) is 9.97 Å². The highest BCUT2D eigenvalue weighted by molar-refractivity contribution is 6.39. The lowest BCUT2D eigenvalue weighted by molar-refractivity contribution is -0.125. The molecule has 2 aromatic carbocycles. The lowest BCUT2D eigenvalue weighted by Gasteiger charge is -2.39. The average molecular weight is 426 g/mol. The minimum absolute atomic E-state index is 0.121. The molecule has 4 nitrogen and oxygen atoms in total. The van der Waals surface area contributed by atoms with Gasteiger partial charge < -0.3 is 5.32 Å². The second-order valence-electron chi connectivity index (χ2n) is 8.82. The molecule has 2 atom stereocenters. The van der Waals surface area contributed by atoms with Gasteiger partial charge in [-0.1, -0.05) is 62.2 Å². The quantitative estimate of drug-likeness (QED) is 0.555. The van der Waals surface area contributed by atoms with Gasteiger partial charge in [-0.25, -0.2) is 9.97 Å². The van der Waals surface area contributed by atoms with Crippen LogP contribution < -0.4 is 5.32 Å². The molecular formula is C23H21Cl2N3O. The van der Waals surface area contributed by atoms with E-state index in [1.165, 1.54) is 0 Å². The molecule has 0 saturated heterocycles. The molecule has 2 aliphatic carbocycles. The first kappa shape index (κ1) is 18.8. The van der Waals surface area contributed by atoms with Crippen LogP contribution in [0.3, 0.4) is 0 Å². The van der Waals surface area contributed by atoms with Gasteiger partial charge in [0.05, 0.1) is 43.6 Å². The lowest BCUT2D eigenvalue weighted by atomic mass is 9.63. The van der Waals surface area contributed by atoms with Gasteiger partial charge in [-0.15, -0.1) is 0 Å². The van der Waals surface area contributed by atoms with E-state index in [0.29, 0.717) is 22.2 Å². The molecule has 5 rings (SSSR count). The summed E-state index contributed by atoms with van der Waals surface area (Å²) in [6.07, 6.45) is 1.59. The summed E-state index contributed by atoms with van der Waals surface area (Å²) in [4.78, 5) is 23.8. The molecule has 2 unspecified atom stereocenters. The molecule has 0 radical (unpaired) electrons. The first-order chi connectivity index (χ1) is 13.7. The summed E-state index contributed by atoms with van der Waals surface area (Å²) >= 11 is 12.7. The second kappa shape index (κ2) is 5.93. The minimum Gasteiger partial charge on any atom is -0.323 e. The fraction of sp³-hybridized carbons (Fsp3) is 0.348. The predicted octanol–water partition coefficient (Wildman–Crippen LogP) is 5.90. The van der Waals surface area contributed by atoms with Crippen molar-refractivity contribution >= 4 is 45.8 Å². The summed E-state index contributed by atoms with van der Waals surface area (Å²) in [5, 5.41) is 3.87. The molecule has 1 heterocycles. The van der Waals surface area contributed by atoms with E-state index in [2.05, 4.69) is 26.1 Å². The highest BCUT2D eigenvalue weighted by Gasteiger charge is 2.73. The number of rotatable bonds is 2. The SMILES string of the molecule is CC12CCC(C(=O)Nc3c(Cl)cccc3Cl)(c3nc4ccccc4nc31)C2(C)C. The normalized spacial score (nSPS) is 26.5. The van der Waals surface area contributed by atoms with E-state index in [1.807, 2.05) is 24.3 Å². The van der Waals surface area contributed by atoms with E-state index in [4.69, 9.17) is 33.2 Å². The van der Waals surface area contributed by atoms with Crippen LogP contribution in [0.4, 0.5) is 5.69 Å². The van der Waals surface area contributed by atoms with Crippen molar-refractivity contribution < 1.29 is 4.79 Å². The number of benzene rings is 2. The van der Waals surface area contributed by atoms with Gasteiger partial charge in [0.2, 0.25) is 5.91 Å². The molecule has 0 spiro atoms. The summed E-state index contributed by atoms with van der Waals surface area (Å²) < 4.78 is 0. The van der Waals surface area contributed by atoms with Gasteiger partial charge in [-0.05, 0) is 42.5 Å². The zero-order chi connectivity index (χ0) is 20.6. The number of anilines is 1. The van der Waals surface area contributed by atoms with Gasteiger partial charge in [-0.2, -0.15) is 0 Å². The summed E-state index contributed by atoms with van der Waals surface area (Å²) in [6, 6.07) is 13.0. The molecular weight excluding hydrogens is 405 g/mol. The van der Waals surface area contributed by atoms with Gasteiger partial charge in [0.25, 0.3) is 0 Å². The second-order valence-corrected chi connectivity index (χ2v) is 9.64. The van der Waals surface area contributed by atoms with Crippen LogP contribution in [0.2, 0.25) is 10.0 Å². The van der Waals surface area contributed by atoms with Crippen molar-refractivity contribution in [2.24, 2.45) is 5.41 Å². The number of carbonyl (C=O) groups excluding carboxylic acids is 1. The zero-order valence-corrected chi connectivity index (χ0v) is 18.0. The van der Waals surface area contributed by atoms with Crippen molar-refractivity contribution in [1.29, 1.82) is 0 Å². The van der Waals surface area contributed by atoms with Crippen LogP contribution in [0.5, 0.6) is 0 Å². The number of amides is 1. The number of para-hydroxylation sites is 3. The van der Waals surface area contributed by atoms with E-state index in [0.717, 1.165) is 28.8 Å². The predicted molar refractivity (Wildman–Crippen MR) is 117 cm³/mol. The van der Waals surface area contributed by atoms with Gasteiger partial charge in [0.15, 0.2) is 0 Å². The lowest BCUT2D eigenvalue weighted by Crippen LogP contribution is -2.48. The average Bonchev–Trinajstić information content (AvgIpc) is 2.99.